The zero-order valence-electron chi connectivity index (χ0n) is 8.58. The summed E-state index contributed by atoms with van der Waals surface area (Å²) in [5, 5.41) is 11.6. The van der Waals surface area contributed by atoms with E-state index in [4.69, 9.17) is 5.84 Å². The topological polar surface area (TPSA) is 104 Å². The number of nitrogens with one attached hydrogen (secondary N) is 2. The lowest BCUT2D eigenvalue weighted by molar-refractivity contribution is -0.150. The van der Waals surface area contributed by atoms with Gasteiger partial charge in [0.2, 0.25) is 0 Å². The molecule has 0 saturated heterocycles. The predicted molar refractivity (Wildman–Crippen MR) is 53.9 cm³/mol. The van der Waals surface area contributed by atoms with Gasteiger partial charge >= 0.3 is 12.0 Å². The smallest absolute Gasteiger partial charge is 0.328 e. The lowest BCUT2D eigenvalue weighted by Crippen LogP contribution is -2.48. The monoisotopic (exact) mass is 215 g/mol. The summed E-state index contributed by atoms with van der Waals surface area (Å²) in [6, 6.07) is -0.541. The number of carboxylic acid groups (broad SMARTS) is 1. The maximum absolute atomic E-state index is 11.2. The molecule has 86 valence electrons. The molecule has 15 heavy (non-hydrogen) atoms. The van der Waals surface area contributed by atoms with E-state index in [2.05, 4.69) is 5.32 Å². The molecule has 1 saturated carbocycles. The SMILES string of the molecule is NNC(=O)NCC1(C(=O)O)CCCCC1. The molecule has 5 N–H and O–H groups in total. The molecule has 1 rings (SSSR count). The summed E-state index contributed by atoms with van der Waals surface area (Å²) in [4.78, 5) is 22.1. The number of carbonyl (C=O) groups is 2. The first-order valence-corrected chi connectivity index (χ1v) is 5.08. The highest BCUT2D eigenvalue weighted by atomic mass is 16.4. The number of urea groups is 1. The summed E-state index contributed by atoms with van der Waals surface area (Å²) in [7, 11) is 0. The van der Waals surface area contributed by atoms with Gasteiger partial charge in [0.05, 0.1) is 5.41 Å². The highest BCUT2D eigenvalue weighted by Crippen LogP contribution is 2.35. The molecule has 0 aliphatic heterocycles. The van der Waals surface area contributed by atoms with Crippen LogP contribution in [0.15, 0.2) is 0 Å². The molecule has 0 radical (unpaired) electrons. The lowest BCUT2D eigenvalue weighted by Gasteiger charge is -2.33. The number of carbonyl (C=O) groups excluding carboxylic acids is 1. The zero-order valence-corrected chi connectivity index (χ0v) is 8.58. The number of carboxylic acids is 1. The predicted octanol–water partition coefficient (Wildman–Crippen LogP) is 0.194. The first-order valence-electron chi connectivity index (χ1n) is 5.08. The largest absolute Gasteiger partial charge is 0.481 e. The Kier molecular flexibility index (Phi) is 3.90. The van der Waals surface area contributed by atoms with Crippen molar-refractivity contribution in [1.82, 2.24) is 10.7 Å². The molecule has 6 nitrogen and oxygen atoms in total. The normalized spacial score (nSPS) is 19.3. The summed E-state index contributed by atoms with van der Waals surface area (Å²) < 4.78 is 0. The second-order valence-electron chi connectivity index (χ2n) is 3.97. The molecular weight excluding hydrogens is 198 g/mol. The molecule has 0 heterocycles. The molecular formula is C9H17N3O3. The number of aliphatic carboxylic acids is 1. The Morgan fingerprint density at radius 2 is 1.87 bits per heavy atom. The van der Waals surface area contributed by atoms with Crippen LogP contribution in [0.1, 0.15) is 32.1 Å². The maximum Gasteiger partial charge on any atom is 0.328 e. The van der Waals surface area contributed by atoms with Crippen molar-refractivity contribution in [2.24, 2.45) is 11.3 Å². The molecule has 2 amide bonds. The van der Waals surface area contributed by atoms with Crippen LogP contribution < -0.4 is 16.6 Å². The highest BCUT2D eigenvalue weighted by molar-refractivity contribution is 5.77. The van der Waals surface area contributed by atoms with Crippen molar-refractivity contribution >= 4 is 12.0 Å². The average molecular weight is 215 g/mol. The Bertz CT molecular complexity index is 249. The van der Waals surface area contributed by atoms with Crippen LogP contribution in [0.3, 0.4) is 0 Å². The van der Waals surface area contributed by atoms with E-state index in [1.807, 2.05) is 5.43 Å². The van der Waals surface area contributed by atoms with Crippen molar-refractivity contribution in [3.8, 4) is 0 Å². The van der Waals surface area contributed by atoms with E-state index in [1.165, 1.54) is 0 Å². The van der Waals surface area contributed by atoms with Gasteiger partial charge in [-0.05, 0) is 12.8 Å². The van der Waals surface area contributed by atoms with Crippen LogP contribution in [0.2, 0.25) is 0 Å². The van der Waals surface area contributed by atoms with Crippen LogP contribution in [-0.4, -0.2) is 23.7 Å². The number of hydrogen-bond donors (Lipinski definition) is 4. The first kappa shape index (κ1) is 11.8. The quantitative estimate of drug-likeness (QED) is 0.306. The van der Waals surface area contributed by atoms with Crippen molar-refractivity contribution < 1.29 is 14.7 Å². The fraction of sp³-hybridized carbons (Fsp3) is 0.778. The van der Waals surface area contributed by atoms with E-state index in [1.54, 1.807) is 0 Å². The van der Waals surface area contributed by atoms with Crippen molar-refractivity contribution in [3.05, 3.63) is 0 Å². The minimum Gasteiger partial charge on any atom is -0.481 e. The Balaban J connectivity index is 2.57. The van der Waals surface area contributed by atoms with Crippen molar-refractivity contribution in [2.75, 3.05) is 6.54 Å². The van der Waals surface area contributed by atoms with Gasteiger partial charge in [0.15, 0.2) is 0 Å². The summed E-state index contributed by atoms with van der Waals surface area (Å²) in [5.74, 6) is 4.06. The van der Waals surface area contributed by atoms with Crippen LogP contribution in [0.25, 0.3) is 0 Å². The third-order valence-electron chi connectivity index (χ3n) is 2.98. The van der Waals surface area contributed by atoms with Crippen molar-refractivity contribution in [2.45, 2.75) is 32.1 Å². The average Bonchev–Trinajstić information content (AvgIpc) is 2.27. The van der Waals surface area contributed by atoms with E-state index >= 15 is 0 Å². The van der Waals surface area contributed by atoms with E-state index in [-0.39, 0.29) is 6.54 Å². The molecule has 1 aliphatic rings. The number of amides is 2. The fourth-order valence-electron chi connectivity index (χ4n) is 2.00. The molecule has 1 aliphatic carbocycles. The van der Waals surface area contributed by atoms with Crippen LogP contribution in [-0.2, 0) is 4.79 Å². The number of hydrogen-bond acceptors (Lipinski definition) is 3. The summed E-state index contributed by atoms with van der Waals surface area (Å²) in [6.45, 7) is 0.144. The molecule has 0 spiro atoms. The van der Waals surface area contributed by atoms with Gasteiger partial charge in [0, 0.05) is 6.54 Å². The molecule has 0 atom stereocenters. The van der Waals surface area contributed by atoms with Crippen LogP contribution in [0.5, 0.6) is 0 Å². The number of hydrazine groups is 1. The van der Waals surface area contributed by atoms with Gasteiger partial charge < -0.3 is 10.4 Å². The van der Waals surface area contributed by atoms with Crippen LogP contribution in [0.4, 0.5) is 4.79 Å². The summed E-state index contributed by atoms with van der Waals surface area (Å²) in [6.07, 6.45) is 4.11. The minimum atomic E-state index is -0.834. The molecule has 0 unspecified atom stereocenters. The first-order chi connectivity index (χ1) is 7.10. The van der Waals surface area contributed by atoms with Gasteiger partial charge in [-0.2, -0.15) is 0 Å². The summed E-state index contributed by atoms with van der Waals surface area (Å²) >= 11 is 0. The third-order valence-corrected chi connectivity index (χ3v) is 2.98. The Morgan fingerprint density at radius 3 is 2.33 bits per heavy atom. The van der Waals surface area contributed by atoms with Crippen molar-refractivity contribution in [3.63, 3.8) is 0 Å². The molecule has 0 bridgehead atoms. The fourth-order valence-corrected chi connectivity index (χ4v) is 2.00. The third kappa shape index (κ3) is 2.82. The van der Waals surface area contributed by atoms with Gasteiger partial charge in [-0.25, -0.2) is 10.6 Å². The minimum absolute atomic E-state index is 0.144. The molecule has 6 heteroatoms. The second-order valence-corrected chi connectivity index (χ2v) is 3.97. The van der Waals surface area contributed by atoms with E-state index in [9.17, 15) is 14.7 Å². The second kappa shape index (κ2) is 4.97. The van der Waals surface area contributed by atoms with E-state index < -0.39 is 17.4 Å². The van der Waals surface area contributed by atoms with Crippen LogP contribution in [0, 0.1) is 5.41 Å². The number of rotatable bonds is 3. The number of nitrogens with two attached hydrogens (primary N) is 1. The maximum atomic E-state index is 11.2. The highest BCUT2D eigenvalue weighted by Gasteiger charge is 2.39. The lowest BCUT2D eigenvalue weighted by atomic mass is 9.74. The van der Waals surface area contributed by atoms with Crippen LogP contribution >= 0.6 is 0 Å². The standard InChI is InChI=1S/C9H17N3O3/c10-12-8(15)11-6-9(7(13)14)4-2-1-3-5-9/h1-6,10H2,(H,13,14)(H2,11,12,15). The van der Waals surface area contributed by atoms with Gasteiger partial charge in [0.25, 0.3) is 0 Å². The van der Waals surface area contributed by atoms with Gasteiger partial charge in [0.1, 0.15) is 0 Å². The van der Waals surface area contributed by atoms with E-state index in [0.717, 1.165) is 19.3 Å². The van der Waals surface area contributed by atoms with Gasteiger partial charge in [-0.3, -0.25) is 10.2 Å². The van der Waals surface area contributed by atoms with Gasteiger partial charge in [-0.1, -0.05) is 19.3 Å². The Hall–Kier alpha value is -1.30. The zero-order chi connectivity index (χ0) is 11.3. The van der Waals surface area contributed by atoms with Crippen molar-refractivity contribution in [1.29, 1.82) is 0 Å². The molecule has 0 aromatic heterocycles. The molecule has 0 aromatic rings. The Labute approximate surface area is 88.2 Å². The van der Waals surface area contributed by atoms with E-state index in [0.29, 0.717) is 12.8 Å². The van der Waals surface area contributed by atoms with Gasteiger partial charge in [-0.15, -0.1) is 0 Å². The molecule has 1 fully saturated rings. The summed E-state index contributed by atoms with van der Waals surface area (Å²) in [5.41, 5.74) is 1.12. The molecule has 0 aromatic carbocycles. The Morgan fingerprint density at radius 1 is 1.27 bits per heavy atom.